The van der Waals surface area contributed by atoms with Crippen molar-refractivity contribution >= 4 is 28.4 Å². The van der Waals surface area contributed by atoms with Gasteiger partial charge in [0.25, 0.3) is 5.69 Å². The molecule has 0 radical (unpaired) electrons. The van der Waals surface area contributed by atoms with Crippen LogP contribution in [0.2, 0.25) is 0 Å². The molecule has 0 spiro atoms. The minimum Gasteiger partial charge on any atom is -0.394 e. The summed E-state index contributed by atoms with van der Waals surface area (Å²) in [6.07, 6.45) is -1.38. The molecule has 0 aromatic heterocycles. The maximum Gasteiger partial charge on any atom is 0.306 e. The fourth-order valence-corrected chi connectivity index (χ4v) is 2.45. The summed E-state index contributed by atoms with van der Waals surface area (Å²) in [4.78, 5) is 32.1. The minimum absolute atomic E-state index is 0.255. The molecule has 0 unspecified atom stereocenters. The summed E-state index contributed by atoms with van der Waals surface area (Å²) in [5, 5.41) is 52.9. The van der Waals surface area contributed by atoms with E-state index in [9.17, 15) is 35.4 Å². The lowest BCUT2D eigenvalue weighted by Crippen LogP contribution is -2.31. The Kier molecular flexibility index (Phi) is 5.95. The first-order chi connectivity index (χ1) is 12.8. The Hall–Kier alpha value is -3.64. The van der Waals surface area contributed by atoms with Gasteiger partial charge in [0.15, 0.2) is 5.69 Å². The van der Waals surface area contributed by atoms with Gasteiger partial charge in [0.05, 0.1) is 46.2 Å². The first kappa shape index (κ1) is 19.7. The van der Waals surface area contributed by atoms with Gasteiger partial charge in [-0.2, -0.15) is 0 Å². The maximum absolute atomic E-state index is 11.5. The number of benzene rings is 2. The van der Waals surface area contributed by atoms with Crippen molar-refractivity contribution in [3.05, 3.63) is 72.8 Å². The van der Waals surface area contributed by atoms with Crippen molar-refractivity contribution in [3.8, 4) is 0 Å². The van der Waals surface area contributed by atoms with Gasteiger partial charge in [-0.05, 0) is 12.1 Å². The topological polar surface area (TPSA) is 173 Å². The number of aliphatic hydroxyl groups is 2. The molecule has 0 amide bonds. The molecule has 0 fully saturated rings. The molecule has 0 aliphatic carbocycles. The van der Waals surface area contributed by atoms with E-state index < -0.39 is 56.8 Å². The second kappa shape index (κ2) is 8.16. The number of rotatable bonds is 8. The number of nitro groups is 3. The molecule has 0 saturated carbocycles. The summed E-state index contributed by atoms with van der Waals surface area (Å²) in [6.45, 7) is -1.11. The van der Waals surface area contributed by atoms with Crippen molar-refractivity contribution in [2.45, 2.75) is 6.10 Å². The lowest BCUT2D eigenvalue weighted by atomic mass is 10.1. The molecule has 2 aromatic rings. The van der Waals surface area contributed by atoms with E-state index in [0.717, 1.165) is 4.90 Å². The van der Waals surface area contributed by atoms with Gasteiger partial charge in [-0.25, -0.2) is 0 Å². The van der Waals surface area contributed by atoms with E-state index in [1.54, 1.807) is 18.2 Å². The van der Waals surface area contributed by atoms with Crippen LogP contribution in [0, 0.1) is 30.3 Å². The van der Waals surface area contributed by atoms with Gasteiger partial charge in [-0.3, -0.25) is 30.3 Å². The number of anilines is 2. The third-order valence-corrected chi connectivity index (χ3v) is 3.60. The zero-order valence-corrected chi connectivity index (χ0v) is 13.7. The number of aliphatic hydroxyl groups excluding tert-OH is 2. The third kappa shape index (κ3) is 4.31. The van der Waals surface area contributed by atoms with E-state index >= 15 is 0 Å². The molecule has 27 heavy (non-hydrogen) atoms. The zero-order valence-electron chi connectivity index (χ0n) is 13.7. The van der Waals surface area contributed by atoms with Crippen LogP contribution in [0.1, 0.15) is 0 Å². The van der Waals surface area contributed by atoms with Crippen molar-refractivity contribution in [2.75, 3.05) is 18.1 Å². The van der Waals surface area contributed by atoms with Gasteiger partial charge >= 0.3 is 11.4 Å². The summed E-state index contributed by atoms with van der Waals surface area (Å²) in [6, 6.07) is 8.97. The average Bonchev–Trinajstić information content (AvgIpc) is 2.65. The van der Waals surface area contributed by atoms with Crippen molar-refractivity contribution in [2.24, 2.45) is 0 Å². The van der Waals surface area contributed by atoms with E-state index in [1.807, 2.05) is 0 Å². The Bertz CT molecular complexity index is 838. The average molecular weight is 378 g/mol. The second-order valence-corrected chi connectivity index (χ2v) is 5.39. The van der Waals surface area contributed by atoms with E-state index in [1.165, 1.54) is 12.1 Å². The Labute approximate surface area is 151 Å². The molecule has 142 valence electrons. The van der Waals surface area contributed by atoms with Crippen molar-refractivity contribution < 1.29 is 25.0 Å². The van der Waals surface area contributed by atoms with Crippen LogP contribution < -0.4 is 4.90 Å². The predicted octanol–water partition coefficient (Wildman–Crippen LogP) is 1.90. The van der Waals surface area contributed by atoms with Crippen LogP contribution in [0.3, 0.4) is 0 Å². The Morgan fingerprint density at radius 2 is 1.44 bits per heavy atom. The highest BCUT2D eigenvalue weighted by molar-refractivity contribution is 5.83. The molecular formula is C15H14N4O8. The number of non-ortho nitro benzene ring substituents is 1. The van der Waals surface area contributed by atoms with Crippen LogP contribution in [-0.2, 0) is 0 Å². The lowest BCUT2D eigenvalue weighted by molar-refractivity contribution is -0.402. The highest BCUT2D eigenvalue weighted by Gasteiger charge is 2.35. The Morgan fingerprint density at radius 3 is 1.85 bits per heavy atom. The lowest BCUT2D eigenvalue weighted by Gasteiger charge is -2.26. The predicted molar refractivity (Wildman–Crippen MR) is 92.9 cm³/mol. The van der Waals surface area contributed by atoms with Crippen molar-refractivity contribution in [1.82, 2.24) is 0 Å². The zero-order chi connectivity index (χ0) is 20.1. The van der Waals surface area contributed by atoms with Crippen LogP contribution >= 0.6 is 0 Å². The number of hydrogen-bond acceptors (Lipinski definition) is 9. The molecule has 12 nitrogen and oxygen atoms in total. The Balaban J connectivity index is 2.81. The van der Waals surface area contributed by atoms with E-state index in [-0.39, 0.29) is 5.69 Å². The molecule has 2 aromatic carbocycles. The van der Waals surface area contributed by atoms with E-state index in [0.29, 0.717) is 12.1 Å². The molecule has 0 saturated heterocycles. The number of hydrogen-bond donors (Lipinski definition) is 2. The van der Waals surface area contributed by atoms with Crippen LogP contribution in [0.25, 0.3) is 0 Å². The van der Waals surface area contributed by atoms with Gasteiger partial charge in [0.2, 0.25) is 0 Å². The first-order valence-corrected chi connectivity index (χ1v) is 7.49. The van der Waals surface area contributed by atoms with Gasteiger partial charge in [0, 0.05) is 5.69 Å². The molecular weight excluding hydrogens is 364 g/mol. The van der Waals surface area contributed by atoms with Gasteiger partial charge < -0.3 is 15.1 Å². The summed E-state index contributed by atoms with van der Waals surface area (Å²) < 4.78 is 0. The number of nitro benzene ring substituents is 3. The fourth-order valence-electron chi connectivity index (χ4n) is 2.45. The first-order valence-electron chi connectivity index (χ1n) is 7.49. The second-order valence-electron chi connectivity index (χ2n) is 5.39. The smallest absolute Gasteiger partial charge is 0.306 e. The largest absolute Gasteiger partial charge is 0.394 e. The molecule has 0 aliphatic rings. The molecule has 0 aliphatic heterocycles. The summed E-state index contributed by atoms with van der Waals surface area (Å²) in [5.41, 5.74) is -2.83. The van der Waals surface area contributed by atoms with E-state index in [2.05, 4.69) is 0 Å². The summed E-state index contributed by atoms with van der Waals surface area (Å²) in [5.74, 6) is 0. The third-order valence-electron chi connectivity index (χ3n) is 3.60. The maximum atomic E-state index is 11.5. The standard InChI is InChI=1S/C15H14N4O8/c20-9-12(21)8-16(10-4-2-1-3-5-10)15-13(18(24)25)6-11(17(22)23)7-14(15)19(26)27/h1-7,12,20-21H,8-9H2/t12-/m0/s1. The van der Waals surface area contributed by atoms with E-state index in [4.69, 9.17) is 5.11 Å². The normalized spacial score (nSPS) is 11.6. The van der Waals surface area contributed by atoms with Crippen LogP contribution in [0.4, 0.5) is 28.4 Å². The Morgan fingerprint density at radius 1 is 0.926 bits per heavy atom. The highest BCUT2D eigenvalue weighted by atomic mass is 16.6. The van der Waals surface area contributed by atoms with Gasteiger partial charge in [-0.15, -0.1) is 0 Å². The summed E-state index contributed by atoms with van der Waals surface area (Å²) >= 11 is 0. The van der Waals surface area contributed by atoms with Crippen LogP contribution in [0.5, 0.6) is 0 Å². The van der Waals surface area contributed by atoms with Crippen molar-refractivity contribution in [3.63, 3.8) is 0 Å². The highest BCUT2D eigenvalue weighted by Crippen LogP contribution is 2.43. The molecule has 0 bridgehead atoms. The molecule has 1 atom stereocenters. The van der Waals surface area contributed by atoms with Gasteiger partial charge in [-0.1, -0.05) is 18.2 Å². The molecule has 2 N–H and O–H groups in total. The number of para-hydroxylation sites is 1. The molecule has 0 heterocycles. The van der Waals surface area contributed by atoms with Crippen LogP contribution in [0.15, 0.2) is 42.5 Å². The molecule has 12 heteroatoms. The minimum atomic E-state index is -1.38. The summed E-state index contributed by atoms with van der Waals surface area (Å²) in [7, 11) is 0. The SMILES string of the molecule is O=[N+]([O-])c1cc([N+](=O)[O-])c(N(C[C@H](O)CO)c2ccccc2)c([N+](=O)[O-])c1. The quantitative estimate of drug-likeness (QED) is 0.513. The fraction of sp³-hybridized carbons (Fsp3) is 0.200. The van der Waals surface area contributed by atoms with Gasteiger partial charge in [0.1, 0.15) is 0 Å². The number of nitrogens with zero attached hydrogens (tertiary/aromatic N) is 4. The van der Waals surface area contributed by atoms with Crippen molar-refractivity contribution in [1.29, 1.82) is 0 Å². The molecule has 2 rings (SSSR count). The van der Waals surface area contributed by atoms with Crippen LogP contribution in [-0.4, -0.2) is 44.2 Å². The monoisotopic (exact) mass is 378 g/mol.